The Hall–Kier alpha value is -0.540. The standard InChI is InChI=1S/C13H18FNS/c1-8-6-11(14)10(7-12(8)16-3)13(4-5-13)9(2)15/h6-7,9H,4-5,15H2,1-3H3. The summed E-state index contributed by atoms with van der Waals surface area (Å²) in [5.41, 5.74) is 7.72. The fourth-order valence-electron chi connectivity index (χ4n) is 2.36. The second kappa shape index (κ2) is 4.04. The first-order chi connectivity index (χ1) is 7.51. The first-order valence-electron chi connectivity index (χ1n) is 5.61. The molecule has 0 heterocycles. The maximum absolute atomic E-state index is 14.0. The molecule has 0 saturated heterocycles. The van der Waals surface area contributed by atoms with Gasteiger partial charge in [-0.2, -0.15) is 0 Å². The Labute approximate surface area is 101 Å². The highest BCUT2D eigenvalue weighted by molar-refractivity contribution is 7.98. The molecule has 0 spiro atoms. The first-order valence-corrected chi connectivity index (χ1v) is 6.84. The van der Waals surface area contributed by atoms with Crippen molar-refractivity contribution in [2.45, 2.75) is 43.0 Å². The van der Waals surface area contributed by atoms with Crippen molar-refractivity contribution in [1.29, 1.82) is 0 Å². The molecule has 3 heteroatoms. The molecule has 0 aromatic heterocycles. The monoisotopic (exact) mass is 239 g/mol. The number of benzene rings is 1. The minimum atomic E-state index is -0.0950. The van der Waals surface area contributed by atoms with E-state index < -0.39 is 0 Å². The topological polar surface area (TPSA) is 26.0 Å². The van der Waals surface area contributed by atoms with Crippen molar-refractivity contribution in [2.75, 3.05) is 6.26 Å². The van der Waals surface area contributed by atoms with Crippen molar-refractivity contribution >= 4 is 11.8 Å². The van der Waals surface area contributed by atoms with E-state index in [0.29, 0.717) is 0 Å². The van der Waals surface area contributed by atoms with Gasteiger partial charge in [0.15, 0.2) is 0 Å². The average molecular weight is 239 g/mol. The molecule has 1 saturated carbocycles. The summed E-state index contributed by atoms with van der Waals surface area (Å²) < 4.78 is 14.0. The van der Waals surface area contributed by atoms with E-state index in [0.717, 1.165) is 28.9 Å². The molecule has 0 bridgehead atoms. The van der Waals surface area contributed by atoms with E-state index in [4.69, 9.17) is 5.73 Å². The Morgan fingerprint density at radius 3 is 2.50 bits per heavy atom. The van der Waals surface area contributed by atoms with Gasteiger partial charge in [-0.05, 0) is 56.2 Å². The summed E-state index contributed by atoms with van der Waals surface area (Å²) in [5.74, 6) is -0.0925. The van der Waals surface area contributed by atoms with Crippen molar-refractivity contribution in [3.05, 3.63) is 29.1 Å². The lowest BCUT2D eigenvalue weighted by molar-refractivity contribution is 0.510. The van der Waals surface area contributed by atoms with Crippen LogP contribution >= 0.6 is 11.8 Å². The fourth-order valence-corrected chi connectivity index (χ4v) is 2.98. The van der Waals surface area contributed by atoms with Crippen LogP contribution in [0.15, 0.2) is 17.0 Å². The maximum Gasteiger partial charge on any atom is 0.127 e. The number of halogens is 1. The summed E-state index contributed by atoms with van der Waals surface area (Å²) in [6, 6.07) is 3.66. The average Bonchev–Trinajstić information content (AvgIpc) is 2.99. The van der Waals surface area contributed by atoms with E-state index >= 15 is 0 Å². The second-order valence-corrected chi connectivity index (χ2v) is 5.59. The van der Waals surface area contributed by atoms with Crippen LogP contribution in [-0.4, -0.2) is 12.3 Å². The number of aryl methyl sites for hydroxylation is 1. The summed E-state index contributed by atoms with van der Waals surface area (Å²) >= 11 is 1.67. The minimum Gasteiger partial charge on any atom is -0.327 e. The molecule has 0 aliphatic heterocycles. The molecule has 1 aliphatic rings. The molecule has 0 radical (unpaired) electrons. The third-order valence-electron chi connectivity index (χ3n) is 3.68. The maximum atomic E-state index is 14.0. The van der Waals surface area contributed by atoms with Crippen molar-refractivity contribution in [3.63, 3.8) is 0 Å². The first kappa shape index (κ1) is 11.9. The van der Waals surface area contributed by atoms with Crippen molar-refractivity contribution < 1.29 is 4.39 Å². The molecular formula is C13H18FNS. The van der Waals surface area contributed by atoms with Gasteiger partial charge in [0.25, 0.3) is 0 Å². The molecule has 1 aromatic rings. The van der Waals surface area contributed by atoms with Gasteiger partial charge in [-0.1, -0.05) is 0 Å². The van der Waals surface area contributed by atoms with Crippen LogP contribution in [0.5, 0.6) is 0 Å². The SMILES string of the molecule is CSc1cc(C2(C(C)N)CC2)c(F)cc1C. The van der Waals surface area contributed by atoms with Gasteiger partial charge in [0, 0.05) is 16.4 Å². The lowest BCUT2D eigenvalue weighted by atomic mass is 9.88. The van der Waals surface area contributed by atoms with E-state index in [9.17, 15) is 4.39 Å². The van der Waals surface area contributed by atoms with Crippen LogP contribution in [0.1, 0.15) is 30.9 Å². The van der Waals surface area contributed by atoms with Gasteiger partial charge in [-0.3, -0.25) is 0 Å². The molecule has 16 heavy (non-hydrogen) atoms. The van der Waals surface area contributed by atoms with Crippen molar-refractivity contribution in [1.82, 2.24) is 0 Å². The van der Waals surface area contributed by atoms with Gasteiger partial charge < -0.3 is 5.73 Å². The Balaban J connectivity index is 2.49. The predicted molar refractivity (Wildman–Crippen MR) is 67.5 cm³/mol. The summed E-state index contributed by atoms with van der Waals surface area (Å²) in [4.78, 5) is 1.16. The Morgan fingerprint density at radius 2 is 2.06 bits per heavy atom. The summed E-state index contributed by atoms with van der Waals surface area (Å²) in [6.45, 7) is 3.93. The molecule has 2 N–H and O–H groups in total. The van der Waals surface area contributed by atoms with Crippen LogP contribution < -0.4 is 5.73 Å². The van der Waals surface area contributed by atoms with Crippen LogP contribution in [-0.2, 0) is 5.41 Å². The Kier molecular flexibility index (Phi) is 3.01. The van der Waals surface area contributed by atoms with Crippen LogP contribution in [0.2, 0.25) is 0 Å². The summed E-state index contributed by atoms with van der Waals surface area (Å²) in [6.07, 6.45) is 4.05. The van der Waals surface area contributed by atoms with Crippen LogP contribution in [0.3, 0.4) is 0 Å². The van der Waals surface area contributed by atoms with Crippen LogP contribution in [0.25, 0.3) is 0 Å². The normalized spacial score (nSPS) is 19.6. The molecule has 0 amide bonds. The largest absolute Gasteiger partial charge is 0.327 e. The number of rotatable bonds is 3. The van der Waals surface area contributed by atoms with Gasteiger partial charge in [-0.15, -0.1) is 11.8 Å². The van der Waals surface area contributed by atoms with Gasteiger partial charge in [0.1, 0.15) is 5.82 Å². The van der Waals surface area contributed by atoms with Gasteiger partial charge in [-0.25, -0.2) is 4.39 Å². The van der Waals surface area contributed by atoms with E-state index in [1.165, 1.54) is 0 Å². The minimum absolute atomic E-state index is 0.0272. The van der Waals surface area contributed by atoms with Crippen molar-refractivity contribution in [2.24, 2.45) is 5.73 Å². The zero-order chi connectivity index (χ0) is 11.9. The molecule has 1 unspecified atom stereocenters. The Bertz CT molecular complexity index is 411. The Morgan fingerprint density at radius 1 is 1.44 bits per heavy atom. The zero-order valence-corrected chi connectivity index (χ0v) is 10.8. The lowest BCUT2D eigenvalue weighted by Gasteiger charge is -2.22. The highest BCUT2D eigenvalue weighted by atomic mass is 32.2. The van der Waals surface area contributed by atoms with Gasteiger partial charge in [0.05, 0.1) is 0 Å². The zero-order valence-electron chi connectivity index (χ0n) is 10.0. The molecule has 2 rings (SSSR count). The molecule has 1 aliphatic carbocycles. The van der Waals surface area contributed by atoms with Crippen LogP contribution in [0.4, 0.5) is 4.39 Å². The lowest BCUT2D eigenvalue weighted by Crippen LogP contribution is -2.32. The molecule has 1 aromatic carbocycles. The number of thioether (sulfide) groups is 1. The second-order valence-electron chi connectivity index (χ2n) is 4.75. The predicted octanol–water partition coefficient (Wildman–Crippen LogP) is 3.23. The van der Waals surface area contributed by atoms with E-state index in [1.807, 2.05) is 26.2 Å². The molecule has 88 valence electrons. The quantitative estimate of drug-likeness (QED) is 0.819. The highest BCUT2D eigenvalue weighted by Gasteiger charge is 2.49. The van der Waals surface area contributed by atoms with E-state index in [2.05, 4.69) is 0 Å². The smallest absolute Gasteiger partial charge is 0.127 e. The summed E-state index contributed by atoms with van der Waals surface area (Å²) in [5, 5.41) is 0. The molecule has 1 atom stereocenters. The third kappa shape index (κ3) is 1.76. The molecule has 1 nitrogen and oxygen atoms in total. The van der Waals surface area contributed by atoms with Gasteiger partial charge >= 0.3 is 0 Å². The van der Waals surface area contributed by atoms with Gasteiger partial charge in [0.2, 0.25) is 0 Å². The number of hydrogen-bond acceptors (Lipinski definition) is 2. The highest BCUT2D eigenvalue weighted by Crippen LogP contribution is 2.51. The number of hydrogen-bond donors (Lipinski definition) is 1. The summed E-state index contributed by atoms with van der Waals surface area (Å²) in [7, 11) is 0. The van der Waals surface area contributed by atoms with E-state index in [1.54, 1.807) is 17.8 Å². The van der Waals surface area contributed by atoms with E-state index in [-0.39, 0.29) is 17.3 Å². The fraction of sp³-hybridized carbons (Fsp3) is 0.538. The third-order valence-corrected chi connectivity index (χ3v) is 4.56. The molecule has 1 fully saturated rings. The molecular weight excluding hydrogens is 221 g/mol. The van der Waals surface area contributed by atoms with Crippen molar-refractivity contribution in [3.8, 4) is 0 Å². The van der Waals surface area contributed by atoms with Crippen LogP contribution in [0, 0.1) is 12.7 Å². The number of nitrogens with two attached hydrogens (primary N) is 1.